The van der Waals surface area contributed by atoms with Gasteiger partial charge >= 0.3 is 0 Å². The Morgan fingerprint density at radius 1 is 1.22 bits per heavy atom. The highest BCUT2D eigenvalue weighted by atomic mass is 32.2. The first-order valence-corrected chi connectivity index (χ1v) is 8.54. The van der Waals surface area contributed by atoms with E-state index in [1.165, 1.54) is 18.2 Å². The molecule has 1 aromatic rings. The highest BCUT2D eigenvalue weighted by Gasteiger charge is 2.24. The minimum absolute atomic E-state index is 0.0416. The molecule has 10 heteroatoms. The standard InChI is InChI=1S/C13H20N6O3S/c14-9-3-5-19(6-4-9)10-2-1-8(12(20)18-13(15)16)7-11(10)23(17,21)22/h1-2,7,9H,3-6,14H2,(H2,17,21,22)(H4,15,16,18,20). The number of carbonyl (C=O) groups excluding carboxylic acids is 1. The van der Waals surface area contributed by atoms with Crippen molar-refractivity contribution >= 4 is 27.6 Å². The smallest absolute Gasteiger partial charge is 0.280 e. The number of piperidine rings is 1. The highest BCUT2D eigenvalue weighted by Crippen LogP contribution is 2.28. The van der Waals surface area contributed by atoms with E-state index in [4.69, 9.17) is 22.3 Å². The third-order valence-corrected chi connectivity index (χ3v) is 4.56. The monoisotopic (exact) mass is 340 g/mol. The van der Waals surface area contributed by atoms with Crippen molar-refractivity contribution in [3.05, 3.63) is 23.8 Å². The first-order chi connectivity index (χ1) is 10.7. The van der Waals surface area contributed by atoms with Crippen molar-refractivity contribution in [2.75, 3.05) is 18.0 Å². The van der Waals surface area contributed by atoms with Crippen molar-refractivity contribution in [2.24, 2.45) is 27.3 Å². The number of rotatable bonds is 3. The molecule has 1 aromatic carbocycles. The average Bonchev–Trinajstić information content (AvgIpc) is 2.46. The summed E-state index contributed by atoms with van der Waals surface area (Å²) in [6, 6.07) is 4.29. The largest absolute Gasteiger partial charge is 0.370 e. The quantitative estimate of drug-likeness (QED) is 0.390. The molecule has 1 fully saturated rings. The van der Waals surface area contributed by atoms with Crippen molar-refractivity contribution in [2.45, 2.75) is 23.8 Å². The number of anilines is 1. The van der Waals surface area contributed by atoms with Gasteiger partial charge in [0.2, 0.25) is 10.0 Å². The molecular formula is C13H20N6O3S. The Bertz CT molecular complexity index is 734. The van der Waals surface area contributed by atoms with Gasteiger partial charge in [-0.1, -0.05) is 0 Å². The SMILES string of the molecule is NC(N)=NC(=O)c1ccc(N2CCC(N)CC2)c(S(N)(=O)=O)c1. The molecule has 0 spiro atoms. The van der Waals surface area contributed by atoms with Crippen LogP contribution in [0, 0.1) is 0 Å². The van der Waals surface area contributed by atoms with Gasteiger partial charge in [-0.3, -0.25) is 4.79 Å². The number of primary sulfonamides is 1. The molecule has 0 radical (unpaired) electrons. The number of guanidine groups is 1. The lowest BCUT2D eigenvalue weighted by molar-refractivity contribution is 0.100. The molecule has 9 nitrogen and oxygen atoms in total. The molecule has 2 rings (SSSR count). The van der Waals surface area contributed by atoms with Crippen molar-refractivity contribution in [3.63, 3.8) is 0 Å². The third-order valence-electron chi connectivity index (χ3n) is 3.62. The Balaban J connectivity index is 2.44. The van der Waals surface area contributed by atoms with Crippen molar-refractivity contribution in [1.82, 2.24) is 0 Å². The summed E-state index contributed by atoms with van der Waals surface area (Å²) in [6.07, 6.45) is 1.50. The molecule has 0 saturated carbocycles. The first kappa shape index (κ1) is 17.2. The fourth-order valence-electron chi connectivity index (χ4n) is 2.46. The Morgan fingerprint density at radius 3 is 2.35 bits per heavy atom. The number of carbonyl (C=O) groups is 1. The zero-order valence-electron chi connectivity index (χ0n) is 12.5. The van der Waals surface area contributed by atoms with Crippen LogP contribution in [0.3, 0.4) is 0 Å². The summed E-state index contributed by atoms with van der Waals surface area (Å²) in [6.45, 7) is 1.23. The molecule has 0 unspecified atom stereocenters. The predicted octanol–water partition coefficient (Wildman–Crippen LogP) is -1.32. The number of nitrogens with zero attached hydrogens (tertiary/aromatic N) is 2. The Kier molecular flexibility index (Phi) is 4.88. The lowest BCUT2D eigenvalue weighted by Crippen LogP contribution is -2.40. The minimum Gasteiger partial charge on any atom is -0.370 e. The summed E-state index contributed by atoms with van der Waals surface area (Å²) in [5.74, 6) is -1.14. The van der Waals surface area contributed by atoms with Crippen LogP contribution in [0.4, 0.5) is 5.69 Å². The van der Waals surface area contributed by atoms with Gasteiger partial charge in [0.05, 0.1) is 5.69 Å². The van der Waals surface area contributed by atoms with Gasteiger partial charge in [0.25, 0.3) is 5.91 Å². The van der Waals surface area contributed by atoms with E-state index in [0.29, 0.717) is 18.8 Å². The maximum Gasteiger partial charge on any atom is 0.280 e. The summed E-state index contributed by atoms with van der Waals surface area (Å²) >= 11 is 0. The number of nitrogens with two attached hydrogens (primary N) is 4. The molecule has 0 aliphatic carbocycles. The summed E-state index contributed by atoms with van der Waals surface area (Å²) in [5, 5.41) is 5.29. The molecule has 1 amide bonds. The van der Waals surface area contributed by atoms with E-state index in [1.54, 1.807) is 0 Å². The Labute approximate surface area is 134 Å². The fourth-order valence-corrected chi connectivity index (χ4v) is 3.24. The summed E-state index contributed by atoms with van der Waals surface area (Å²) in [4.78, 5) is 17.0. The van der Waals surface area contributed by atoms with Crippen molar-refractivity contribution in [1.29, 1.82) is 0 Å². The summed E-state index contributed by atoms with van der Waals surface area (Å²) in [7, 11) is -4.02. The number of hydrogen-bond donors (Lipinski definition) is 4. The van der Waals surface area contributed by atoms with Crippen molar-refractivity contribution in [3.8, 4) is 0 Å². The van der Waals surface area contributed by atoms with Gasteiger partial charge in [0, 0.05) is 24.7 Å². The lowest BCUT2D eigenvalue weighted by atomic mass is 10.0. The average molecular weight is 340 g/mol. The summed E-state index contributed by atoms with van der Waals surface area (Å²) in [5.41, 5.74) is 16.7. The first-order valence-electron chi connectivity index (χ1n) is 7.00. The molecule has 1 heterocycles. The van der Waals surface area contributed by atoms with E-state index in [2.05, 4.69) is 4.99 Å². The van der Waals surface area contributed by atoms with Crippen LogP contribution in [0.2, 0.25) is 0 Å². The van der Waals surface area contributed by atoms with Crippen LogP contribution in [0.1, 0.15) is 23.2 Å². The maximum absolute atomic E-state index is 11.9. The Hall–Kier alpha value is -2.17. The molecule has 0 aromatic heterocycles. The number of amides is 1. The second-order valence-electron chi connectivity index (χ2n) is 5.39. The number of aliphatic imine (C=N–C) groups is 1. The number of sulfonamides is 1. The van der Waals surface area contributed by atoms with E-state index in [0.717, 1.165) is 12.8 Å². The van der Waals surface area contributed by atoms with E-state index >= 15 is 0 Å². The molecule has 1 aliphatic heterocycles. The van der Waals surface area contributed by atoms with Crippen LogP contribution >= 0.6 is 0 Å². The van der Waals surface area contributed by atoms with E-state index in [1.807, 2.05) is 4.90 Å². The topological polar surface area (TPSA) is 171 Å². The second kappa shape index (κ2) is 6.52. The van der Waals surface area contributed by atoms with Crippen LogP contribution in [-0.4, -0.2) is 39.4 Å². The van der Waals surface area contributed by atoms with Gasteiger partial charge in [-0.2, -0.15) is 4.99 Å². The van der Waals surface area contributed by atoms with Crippen LogP contribution in [0.15, 0.2) is 28.1 Å². The number of hydrogen-bond acceptors (Lipinski definition) is 5. The zero-order chi connectivity index (χ0) is 17.2. The molecule has 1 saturated heterocycles. The van der Waals surface area contributed by atoms with Crippen LogP contribution in [-0.2, 0) is 10.0 Å². The predicted molar refractivity (Wildman–Crippen MR) is 87.4 cm³/mol. The lowest BCUT2D eigenvalue weighted by Gasteiger charge is -2.33. The third kappa shape index (κ3) is 4.18. The van der Waals surface area contributed by atoms with E-state index < -0.39 is 21.9 Å². The fraction of sp³-hybridized carbons (Fsp3) is 0.385. The zero-order valence-corrected chi connectivity index (χ0v) is 13.3. The second-order valence-corrected chi connectivity index (χ2v) is 6.92. The molecule has 0 bridgehead atoms. The number of benzene rings is 1. The minimum atomic E-state index is -4.02. The Morgan fingerprint density at radius 2 is 1.83 bits per heavy atom. The van der Waals surface area contributed by atoms with Gasteiger partial charge in [0.15, 0.2) is 5.96 Å². The van der Waals surface area contributed by atoms with Crippen LogP contribution < -0.4 is 27.2 Å². The van der Waals surface area contributed by atoms with Crippen LogP contribution in [0.25, 0.3) is 0 Å². The van der Waals surface area contributed by atoms with E-state index in [9.17, 15) is 13.2 Å². The van der Waals surface area contributed by atoms with Gasteiger partial charge in [-0.15, -0.1) is 0 Å². The highest BCUT2D eigenvalue weighted by molar-refractivity contribution is 7.89. The molecule has 8 N–H and O–H groups in total. The molecule has 126 valence electrons. The summed E-state index contributed by atoms with van der Waals surface area (Å²) < 4.78 is 23.8. The van der Waals surface area contributed by atoms with Crippen molar-refractivity contribution < 1.29 is 13.2 Å². The van der Waals surface area contributed by atoms with Gasteiger partial charge < -0.3 is 22.1 Å². The molecule has 23 heavy (non-hydrogen) atoms. The van der Waals surface area contributed by atoms with Gasteiger partial charge in [-0.05, 0) is 31.0 Å². The molecule has 0 atom stereocenters. The van der Waals surface area contributed by atoms with E-state index in [-0.39, 0.29) is 16.5 Å². The normalized spacial score (nSPS) is 16.2. The van der Waals surface area contributed by atoms with Gasteiger partial charge in [-0.25, -0.2) is 13.6 Å². The maximum atomic E-state index is 11.9. The van der Waals surface area contributed by atoms with Crippen LogP contribution in [0.5, 0.6) is 0 Å². The van der Waals surface area contributed by atoms with Gasteiger partial charge in [0.1, 0.15) is 4.90 Å². The molecule has 1 aliphatic rings. The molecular weight excluding hydrogens is 320 g/mol.